The van der Waals surface area contributed by atoms with Crippen molar-refractivity contribution in [2.75, 3.05) is 13.2 Å². The summed E-state index contributed by atoms with van der Waals surface area (Å²) in [6.07, 6.45) is 1.38. The van der Waals surface area contributed by atoms with E-state index in [4.69, 9.17) is 4.74 Å². The highest BCUT2D eigenvalue weighted by atomic mass is 16.5. The molecule has 0 fully saturated rings. The maximum absolute atomic E-state index is 11.5. The minimum atomic E-state index is -0.937. The summed E-state index contributed by atoms with van der Waals surface area (Å²) in [7, 11) is 0. The fraction of sp³-hybridized carbons (Fsp3) is 0.500. The number of ether oxygens (including phenoxy) is 2. The van der Waals surface area contributed by atoms with Crippen molar-refractivity contribution >= 4 is 11.9 Å². The van der Waals surface area contributed by atoms with Gasteiger partial charge in [-0.2, -0.15) is 0 Å². The largest absolute Gasteiger partial charge is 0.501 e. The molecular formula is C12H18O5. The van der Waals surface area contributed by atoms with E-state index in [0.29, 0.717) is 0 Å². The number of allylic oxidation sites excluding steroid dienone is 1. The molecule has 0 saturated heterocycles. The zero-order chi connectivity index (χ0) is 13.4. The number of rotatable bonds is 5. The summed E-state index contributed by atoms with van der Waals surface area (Å²) >= 11 is 0. The molecule has 0 bridgehead atoms. The Morgan fingerprint density at radius 2 is 1.53 bits per heavy atom. The molecule has 0 aliphatic heterocycles. The molecule has 0 aromatic carbocycles. The molecule has 0 aromatic heterocycles. The lowest BCUT2D eigenvalue weighted by molar-refractivity contribution is -0.144. The van der Waals surface area contributed by atoms with Gasteiger partial charge in [0.25, 0.3) is 0 Å². The van der Waals surface area contributed by atoms with E-state index in [0.717, 1.165) is 5.57 Å². The third-order valence-electron chi connectivity index (χ3n) is 1.65. The molecule has 0 aliphatic carbocycles. The number of aliphatic hydroxyl groups is 1. The van der Waals surface area contributed by atoms with Crippen molar-refractivity contribution < 1.29 is 24.2 Å². The molecule has 0 atom stereocenters. The maximum atomic E-state index is 11.5. The van der Waals surface area contributed by atoms with E-state index in [1.807, 2.05) is 0 Å². The Morgan fingerprint density at radius 3 is 1.94 bits per heavy atom. The first-order valence-corrected chi connectivity index (χ1v) is 5.36. The van der Waals surface area contributed by atoms with Crippen LogP contribution in [-0.4, -0.2) is 30.3 Å². The number of hydrogen-bond acceptors (Lipinski definition) is 5. The zero-order valence-corrected chi connectivity index (χ0v) is 10.6. The van der Waals surface area contributed by atoms with Crippen LogP contribution in [0.5, 0.6) is 0 Å². The Labute approximate surface area is 101 Å². The average molecular weight is 242 g/mol. The summed E-state index contributed by atoms with van der Waals surface area (Å²) in [5.41, 5.74) is 0.564. The van der Waals surface area contributed by atoms with E-state index in [-0.39, 0.29) is 18.8 Å². The molecule has 0 amide bonds. The van der Waals surface area contributed by atoms with Crippen LogP contribution in [0.4, 0.5) is 0 Å². The van der Waals surface area contributed by atoms with Crippen molar-refractivity contribution in [2.24, 2.45) is 0 Å². The molecule has 1 N–H and O–H groups in total. The topological polar surface area (TPSA) is 72.8 Å². The lowest BCUT2D eigenvalue weighted by Crippen LogP contribution is -2.15. The molecule has 96 valence electrons. The first-order chi connectivity index (χ1) is 7.93. The molecule has 0 rings (SSSR count). The van der Waals surface area contributed by atoms with Crippen LogP contribution in [0.1, 0.15) is 27.7 Å². The van der Waals surface area contributed by atoms with Crippen LogP contribution in [0, 0.1) is 0 Å². The lowest BCUT2D eigenvalue weighted by Gasteiger charge is -2.06. The summed E-state index contributed by atoms with van der Waals surface area (Å²) in [4.78, 5) is 22.8. The highest BCUT2D eigenvalue weighted by Crippen LogP contribution is 2.11. The predicted molar refractivity (Wildman–Crippen MR) is 62.4 cm³/mol. The van der Waals surface area contributed by atoms with Gasteiger partial charge in [-0.15, -0.1) is 0 Å². The van der Waals surface area contributed by atoms with Crippen LogP contribution in [0.15, 0.2) is 23.0 Å². The summed E-state index contributed by atoms with van der Waals surface area (Å²) in [6, 6.07) is 0. The first kappa shape index (κ1) is 15.2. The monoisotopic (exact) mass is 242 g/mol. The summed E-state index contributed by atoms with van der Waals surface area (Å²) in [5, 5.41) is 9.61. The van der Waals surface area contributed by atoms with Crippen molar-refractivity contribution in [2.45, 2.75) is 27.7 Å². The van der Waals surface area contributed by atoms with E-state index < -0.39 is 17.7 Å². The van der Waals surface area contributed by atoms with Crippen LogP contribution < -0.4 is 0 Å². The Morgan fingerprint density at radius 1 is 1.06 bits per heavy atom. The first-order valence-electron chi connectivity index (χ1n) is 5.36. The summed E-state index contributed by atoms with van der Waals surface area (Å²) < 4.78 is 9.36. The van der Waals surface area contributed by atoms with Crippen molar-refractivity contribution in [1.82, 2.24) is 0 Å². The number of hydrogen-bond donors (Lipinski definition) is 1. The van der Waals surface area contributed by atoms with Crippen molar-refractivity contribution in [3.05, 3.63) is 23.0 Å². The third-order valence-corrected chi connectivity index (χ3v) is 1.65. The van der Waals surface area contributed by atoms with Crippen LogP contribution >= 0.6 is 0 Å². The molecule has 5 heteroatoms. The molecule has 0 radical (unpaired) electrons. The number of carbonyl (C=O) groups excluding carboxylic acids is 2. The number of carbonyl (C=O) groups is 2. The highest BCUT2D eigenvalue weighted by Gasteiger charge is 2.20. The van der Waals surface area contributed by atoms with Crippen LogP contribution in [0.2, 0.25) is 0 Å². The second-order valence-corrected chi connectivity index (χ2v) is 3.42. The van der Waals surface area contributed by atoms with Gasteiger partial charge in [-0.25, -0.2) is 9.59 Å². The van der Waals surface area contributed by atoms with E-state index >= 15 is 0 Å². The SMILES string of the molecule is CCOC(=O)/C(O)=C(\C=C(C)C)C(=O)OCC. The normalized spacial score (nSPS) is 11.3. The average Bonchev–Trinajstić information content (AvgIpc) is 2.25. The predicted octanol–water partition coefficient (Wildman–Crippen LogP) is 1.89. The minimum absolute atomic E-state index is 0.119. The lowest BCUT2D eigenvalue weighted by atomic mass is 10.1. The quantitative estimate of drug-likeness (QED) is 0.345. The standard InChI is InChI=1S/C12H18O5/c1-5-16-11(14)9(7-8(3)4)10(13)12(15)17-6-2/h7,13H,5-6H2,1-4H3/b10-9-. The van der Waals surface area contributed by atoms with Crippen molar-refractivity contribution in [1.29, 1.82) is 0 Å². The molecule has 5 nitrogen and oxygen atoms in total. The van der Waals surface area contributed by atoms with Crippen molar-refractivity contribution in [3.8, 4) is 0 Å². The van der Waals surface area contributed by atoms with Gasteiger partial charge in [0.1, 0.15) is 5.57 Å². The van der Waals surface area contributed by atoms with Gasteiger partial charge < -0.3 is 14.6 Å². The van der Waals surface area contributed by atoms with E-state index in [1.54, 1.807) is 27.7 Å². The fourth-order valence-electron chi connectivity index (χ4n) is 1.03. The van der Waals surface area contributed by atoms with Gasteiger partial charge in [0.05, 0.1) is 13.2 Å². The van der Waals surface area contributed by atoms with E-state index in [9.17, 15) is 14.7 Å². The highest BCUT2D eigenvalue weighted by molar-refractivity contribution is 6.00. The molecule has 0 saturated carbocycles. The number of aliphatic hydroxyl groups excluding tert-OH is 1. The Balaban J connectivity index is 5.28. The van der Waals surface area contributed by atoms with Gasteiger partial charge in [0.15, 0.2) is 0 Å². The molecule has 0 spiro atoms. The van der Waals surface area contributed by atoms with E-state index in [2.05, 4.69) is 4.74 Å². The molecule has 0 aliphatic rings. The van der Waals surface area contributed by atoms with Gasteiger partial charge in [-0.3, -0.25) is 0 Å². The van der Waals surface area contributed by atoms with Crippen LogP contribution in [0.25, 0.3) is 0 Å². The number of esters is 2. The summed E-state index contributed by atoms with van der Waals surface area (Å²) in [6.45, 7) is 6.99. The Kier molecular flexibility index (Phi) is 6.70. The van der Waals surface area contributed by atoms with Crippen LogP contribution in [-0.2, 0) is 19.1 Å². The van der Waals surface area contributed by atoms with Gasteiger partial charge in [-0.05, 0) is 33.8 Å². The Hall–Kier alpha value is -1.78. The van der Waals surface area contributed by atoms with Gasteiger partial charge in [0, 0.05) is 0 Å². The van der Waals surface area contributed by atoms with Crippen molar-refractivity contribution in [3.63, 3.8) is 0 Å². The second kappa shape index (κ2) is 7.49. The van der Waals surface area contributed by atoms with E-state index in [1.165, 1.54) is 6.08 Å². The van der Waals surface area contributed by atoms with Gasteiger partial charge >= 0.3 is 11.9 Å². The maximum Gasteiger partial charge on any atom is 0.374 e. The molecular weight excluding hydrogens is 224 g/mol. The molecule has 17 heavy (non-hydrogen) atoms. The smallest absolute Gasteiger partial charge is 0.374 e. The van der Waals surface area contributed by atoms with Crippen LogP contribution in [0.3, 0.4) is 0 Å². The molecule has 0 heterocycles. The third kappa shape index (κ3) is 5.19. The second-order valence-electron chi connectivity index (χ2n) is 3.42. The van der Waals surface area contributed by atoms with Gasteiger partial charge in [-0.1, -0.05) is 5.57 Å². The molecule has 0 unspecified atom stereocenters. The minimum Gasteiger partial charge on any atom is -0.501 e. The fourth-order valence-corrected chi connectivity index (χ4v) is 1.03. The molecule has 0 aromatic rings. The zero-order valence-electron chi connectivity index (χ0n) is 10.6. The Bertz CT molecular complexity index is 348. The van der Waals surface area contributed by atoms with Gasteiger partial charge in [0.2, 0.25) is 5.76 Å². The summed E-state index contributed by atoms with van der Waals surface area (Å²) in [5.74, 6) is -2.42.